The Morgan fingerprint density at radius 3 is 2.89 bits per heavy atom. The molecule has 0 fully saturated rings. The molecule has 2 rings (SSSR count). The molecule has 94 valence electrons. The maximum Gasteiger partial charge on any atom is 0.340 e. The van der Waals surface area contributed by atoms with Gasteiger partial charge in [0, 0.05) is 16.6 Å². The van der Waals surface area contributed by atoms with Crippen LogP contribution in [-0.2, 0) is 11.2 Å². The van der Waals surface area contributed by atoms with Gasteiger partial charge in [-0.3, -0.25) is 0 Å². The van der Waals surface area contributed by atoms with Crippen LogP contribution in [0.3, 0.4) is 0 Å². The molecule has 0 amide bonds. The third-order valence-electron chi connectivity index (χ3n) is 2.97. The molecule has 0 spiro atoms. The first-order chi connectivity index (χ1) is 8.77. The molecule has 0 radical (unpaired) electrons. The van der Waals surface area contributed by atoms with Crippen molar-refractivity contribution in [1.29, 1.82) is 0 Å². The SMILES string of the molecule is CC=CCCc1[nH]c2ccccc2c1C(=O)OC. The molecule has 0 unspecified atom stereocenters. The molecule has 0 bridgehead atoms. The van der Waals surface area contributed by atoms with Gasteiger partial charge in [0.2, 0.25) is 0 Å². The largest absolute Gasteiger partial charge is 0.465 e. The van der Waals surface area contributed by atoms with Crippen LogP contribution in [0.5, 0.6) is 0 Å². The fourth-order valence-electron chi connectivity index (χ4n) is 2.11. The Labute approximate surface area is 106 Å². The monoisotopic (exact) mass is 243 g/mol. The molecule has 3 heteroatoms. The molecular formula is C15H17NO2. The van der Waals surface area contributed by atoms with Crippen molar-refractivity contribution in [1.82, 2.24) is 4.98 Å². The highest BCUT2D eigenvalue weighted by atomic mass is 16.5. The Bertz CT molecular complexity index is 581. The number of allylic oxidation sites excluding steroid dienone is 2. The summed E-state index contributed by atoms with van der Waals surface area (Å²) in [4.78, 5) is 15.2. The van der Waals surface area contributed by atoms with Gasteiger partial charge in [-0.25, -0.2) is 4.79 Å². The van der Waals surface area contributed by atoms with Gasteiger partial charge in [-0.15, -0.1) is 0 Å². The van der Waals surface area contributed by atoms with E-state index >= 15 is 0 Å². The lowest BCUT2D eigenvalue weighted by Crippen LogP contribution is -2.04. The van der Waals surface area contributed by atoms with Crippen LogP contribution in [0, 0.1) is 0 Å². The Hall–Kier alpha value is -2.03. The van der Waals surface area contributed by atoms with Crippen LogP contribution in [0.15, 0.2) is 36.4 Å². The van der Waals surface area contributed by atoms with Gasteiger partial charge in [0.25, 0.3) is 0 Å². The number of aryl methyl sites for hydroxylation is 1. The minimum Gasteiger partial charge on any atom is -0.465 e. The number of carbonyl (C=O) groups excluding carboxylic acids is 1. The number of aromatic amines is 1. The zero-order valence-electron chi connectivity index (χ0n) is 10.7. The van der Waals surface area contributed by atoms with E-state index in [0.29, 0.717) is 5.56 Å². The highest BCUT2D eigenvalue weighted by Gasteiger charge is 2.17. The highest BCUT2D eigenvalue weighted by Crippen LogP contribution is 2.24. The molecule has 1 aromatic heterocycles. The molecule has 1 heterocycles. The Balaban J connectivity index is 2.46. The van der Waals surface area contributed by atoms with E-state index in [2.05, 4.69) is 11.1 Å². The summed E-state index contributed by atoms with van der Waals surface area (Å²) in [7, 11) is 1.42. The molecule has 18 heavy (non-hydrogen) atoms. The van der Waals surface area contributed by atoms with Gasteiger partial charge in [0.05, 0.1) is 12.7 Å². The number of benzene rings is 1. The number of hydrogen-bond donors (Lipinski definition) is 1. The van der Waals surface area contributed by atoms with Crippen molar-refractivity contribution < 1.29 is 9.53 Å². The molecular weight excluding hydrogens is 226 g/mol. The third kappa shape index (κ3) is 2.30. The molecule has 0 saturated heterocycles. The summed E-state index contributed by atoms with van der Waals surface area (Å²) in [6, 6.07) is 7.80. The van der Waals surface area contributed by atoms with Crippen LogP contribution in [0.25, 0.3) is 10.9 Å². The van der Waals surface area contributed by atoms with Gasteiger partial charge in [-0.1, -0.05) is 30.4 Å². The van der Waals surface area contributed by atoms with E-state index in [1.807, 2.05) is 37.3 Å². The van der Waals surface area contributed by atoms with E-state index in [1.54, 1.807) is 0 Å². The number of ether oxygens (including phenoxy) is 1. The predicted octanol–water partition coefficient (Wildman–Crippen LogP) is 3.46. The first-order valence-electron chi connectivity index (χ1n) is 6.07. The van der Waals surface area contributed by atoms with Crippen molar-refractivity contribution in [2.24, 2.45) is 0 Å². The van der Waals surface area contributed by atoms with Crippen molar-refractivity contribution in [3.63, 3.8) is 0 Å². The van der Waals surface area contributed by atoms with E-state index in [9.17, 15) is 4.79 Å². The fraction of sp³-hybridized carbons (Fsp3) is 0.267. The molecule has 1 N–H and O–H groups in total. The van der Waals surface area contributed by atoms with Crippen LogP contribution < -0.4 is 0 Å². The van der Waals surface area contributed by atoms with Crippen molar-refractivity contribution in [2.75, 3.05) is 7.11 Å². The van der Waals surface area contributed by atoms with Crippen molar-refractivity contribution in [3.8, 4) is 0 Å². The average Bonchev–Trinajstić information content (AvgIpc) is 2.76. The van der Waals surface area contributed by atoms with Gasteiger partial charge in [0.1, 0.15) is 0 Å². The topological polar surface area (TPSA) is 42.1 Å². The summed E-state index contributed by atoms with van der Waals surface area (Å²) in [6.45, 7) is 1.99. The molecule has 3 nitrogen and oxygen atoms in total. The Kier molecular flexibility index (Phi) is 3.82. The number of rotatable bonds is 4. The zero-order valence-corrected chi connectivity index (χ0v) is 10.7. The molecule has 0 aliphatic rings. The molecule has 0 atom stereocenters. The second-order valence-electron chi connectivity index (χ2n) is 4.12. The Morgan fingerprint density at radius 1 is 1.39 bits per heavy atom. The van der Waals surface area contributed by atoms with Crippen LogP contribution >= 0.6 is 0 Å². The maximum atomic E-state index is 11.9. The van der Waals surface area contributed by atoms with E-state index in [4.69, 9.17) is 4.74 Å². The van der Waals surface area contributed by atoms with E-state index < -0.39 is 0 Å². The van der Waals surface area contributed by atoms with Crippen LogP contribution in [0.2, 0.25) is 0 Å². The van der Waals surface area contributed by atoms with E-state index in [0.717, 1.165) is 29.4 Å². The first kappa shape index (κ1) is 12.4. The first-order valence-corrected chi connectivity index (χ1v) is 6.07. The maximum absolute atomic E-state index is 11.9. The summed E-state index contributed by atoms with van der Waals surface area (Å²) in [5.74, 6) is -0.275. The number of para-hydroxylation sites is 1. The number of carbonyl (C=O) groups is 1. The van der Waals surface area contributed by atoms with Gasteiger partial charge in [0.15, 0.2) is 0 Å². The summed E-state index contributed by atoms with van der Waals surface area (Å²) in [6.07, 6.45) is 5.82. The van der Waals surface area contributed by atoms with Crippen molar-refractivity contribution >= 4 is 16.9 Å². The van der Waals surface area contributed by atoms with Crippen LogP contribution in [0.4, 0.5) is 0 Å². The zero-order chi connectivity index (χ0) is 13.0. The van der Waals surface area contributed by atoms with Gasteiger partial charge in [-0.2, -0.15) is 0 Å². The number of esters is 1. The van der Waals surface area contributed by atoms with Crippen molar-refractivity contribution in [2.45, 2.75) is 19.8 Å². The van der Waals surface area contributed by atoms with Crippen LogP contribution in [0.1, 0.15) is 29.4 Å². The highest BCUT2D eigenvalue weighted by molar-refractivity contribution is 6.05. The van der Waals surface area contributed by atoms with Gasteiger partial charge >= 0.3 is 5.97 Å². The third-order valence-corrected chi connectivity index (χ3v) is 2.97. The van der Waals surface area contributed by atoms with E-state index in [1.165, 1.54) is 7.11 Å². The lowest BCUT2D eigenvalue weighted by Gasteiger charge is -2.01. The molecule has 2 aromatic rings. The second kappa shape index (κ2) is 5.54. The fourth-order valence-corrected chi connectivity index (χ4v) is 2.11. The number of H-pyrrole nitrogens is 1. The smallest absolute Gasteiger partial charge is 0.340 e. The van der Waals surface area contributed by atoms with Crippen molar-refractivity contribution in [3.05, 3.63) is 47.7 Å². The number of fused-ring (bicyclic) bond motifs is 1. The number of hydrogen-bond acceptors (Lipinski definition) is 2. The van der Waals surface area contributed by atoms with E-state index in [-0.39, 0.29) is 5.97 Å². The minimum atomic E-state index is -0.275. The molecule has 1 aromatic carbocycles. The summed E-state index contributed by atoms with van der Waals surface area (Å²) in [5, 5.41) is 0.930. The molecule has 0 aliphatic carbocycles. The van der Waals surface area contributed by atoms with Gasteiger partial charge < -0.3 is 9.72 Å². The quantitative estimate of drug-likeness (QED) is 0.660. The number of nitrogens with one attached hydrogen (secondary N) is 1. The predicted molar refractivity (Wildman–Crippen MR) is 72.8 cm³/mol. The van der Waals surface area contributed by atoms with Crippen LogP contribution in [-0.4, -0.2) is 18.1 Å². The summed E-state index contributed by atoms with van der Waals surface area (Å²) < 4.78 is 4.87. The standard InChI is InChI=1S/C15H17NO2/c1-3-4-5-10-13-14(15(17)18-2)11-8-6-7-9-12(11)16-13/h3-4,6-9,16H,5,10H2,1-2H3. The molecule has 0 saturated carbocycles. The average molecular weight is 243 g/mol. The number of aromatic nitrogens is 1. The minimum absolute atomic E-state index is 0.275. The lowest BCUT2D eigenvalue weighted by atomic mass is 10.1. The Morgan fingerprint density at radius 2 is 2.17 bits per heavy atom. The second-order valence-corrected chi connectivity index (χ2v) is 4.12. The normalized spacial score (nSPS) is 11.2. The molecule has 0 aliphatic heterocycles. The lowest BCUT2D eigenvalue weighted by molar-refractivity contribution is 0.0602. The number of methoxy groups -OCH3 is 1. The summed E-state index contributed by atoms with van der Waals surface area (Å²) >= 11 is 0. The summed E-state index contributed by atoms with van der Waals surface area (Å²) in [5.41, 5.74) is 2.59. The van der Waals surface area contributed by atoms with Gasteiger partial charge in [-0.05, 0) is 25.8 Å².